The third-order valence-electron chi connectivity index (χ3n) is 6.34. The second-order valence-corrected chi connectivity index (χ2v) is 11.7. The van der Waals surface area contributed by atoms with Gasteiger partial charge >= 0.3 is 6.18 Å². The number of nitrogens with one attached hydrogen (secondary N) is 2. The molecule has 0 bridgehead atoms. The van der Waals surface area contributed by atoms with Crippen molar-refractivity contribution >= 4 is 33.8 Å². The van der Waals surface area contributed by atoms with Crippen LogP contribution in [0.1, 0.15) is 46.8 Å². The van der Waals surface area contributed by atoms with Crippen LogP contribution in [0.4, 0.5) is 13.2 Å². The molecule has 1 atom stereocenters. The number of amides is 2. The number of sulfone groups is 1. The fourth-order valence-corrected chi connectivity index (χ4v) is 5.77. The summed E-state index contributed by atoms with van der Waals surface area (Å²) in [5.41, 5.74) is -0.784. The van der Waals surface area contributed by atoms with Gasteiger partial charge in [0.25, 0.3) is 5.91 Å². The molecule has 3 rings (SSSR count). The Morgan fingerprint density at radius 3 is 2.62 bits per heavy atom. The number of nitrogens with zero attached hydrogens (tertiary/aromatic N) is 1. The third-order valence-corrected chi connectivity index (χ3v) is 8.40. The second kappa shape index (κ2) is 12.3. The van der Waals surface area contributed by atoms with Crippen LogP contribution in [0.2, 0.25) is 5.02 Å². The van der Waals surface area contributed by atoms with E-state index in [9.17, 15) is 31.2 Å². The monoisotopic (exact) mass is 559 g/mol. The first-order valence-corrected chi connectivity index (χ1v) is 13.9. The molecule has 0 saturated carbocycles. The molecule has 37 heavy (non-hydrogen) atoms. The van der Waals surface area contributed by atoms with Crippen molar-refractivity contribution in [3.05, 3.63) is 63.7 Å². The summed E-state index contributed by atoms with van der Waals surface area (Å²) in [6, 6.07) is 7.63. The number of likely N-dealkylation sites (tertiary alicyclic amines) is 1. The Balaban J connectivity index is 1.78. The molecule has 0 aliphatic carbocycles. The van der Waals surface area contributed by atoms with Gasteiger partial charge in [-0.2, -0.15) is 13.2 Å². The molecule has 0 spiro atoms. The lowest BCUT2D eigenvalue weighted by atomic mass is 9.96. The highest BCUT2D eigenvalue weighted by atomic mass is 35.5. The molecule has 1 aliphatic rings. The van der Waals surface area contributed by atoms with Crippen molar-refractivity contribution in [2.24, 2.45) is 5.92 Å². The van der Waals surface area contributed by atoms with Crippen molar-refractivity contribution in [3.8, 4) is 0 Å². The highest BCUT2D eigenvalue weighted by Crippen LogP contribution is 2.34. The third kappa shape index (κ3) is 7.68. The Hall–Kier alpha value is -2.63. The number of benzene rings is 2. The number of alkyl halides is 3. The predicted octanol–water partition coefficient (Wildman–Crippen LogP) is 4.04. The molecule has 0 unspecified atom stereocenters. The van der Waals surface area contributed by atoms with E-state index in [1.54, 1.807) is 0 Å². The number of piperidine rings is 1. The topological polar surface area (TPSA) is 95.6 Å². The number of hydrogen-bond donors (Lipinski definition) is 2. The molecular weight excluding hydrogens is 531 g/mol. The van der Waals surface area contributed by atoms with E-state index in [0.29, 0.717) is 26.0 Å². The van der Waals surface area contributed by atoms with Gasteiger partial charge in [-0.3, -0.25) is 14.5 Å². The van der Waals surface area contributed by atoms with E-state index in [0.717, 1.165) is 18.9 Å². The summed E-state index contributed by atoms with van der Waals surface area (Å²) in [5.74, 6) is -0.766. The molecule has 202 valence electrons. The Bertz CT molecular complexity index is 1240. The normalized spacial score (nSPS) is 16.8. The maximum atomic E-state index is 13.9. The summed E-state index contributed by atoms with van der Waals surface area (Å²) in [4.78, 5) is 25.2. The van der Waals surface area contributed by atoms with Gasteiger partial charge in [-0.1, -0.05) is 24.6 Å². The molecule has 1 saturated heterocycles. The van der Waals surface area contributed by atoms with Gasteiger partial charge in [0.2, 0.25) is 6.41 Å². The fourth-order valence-electron chi connectivity index (χ4n) is 4.46. The molecule has 1 heterocycles. The van der Waals surface area contributed by atoms with Crippen molar-refractivity contribution in [1.29, 1.82) is 0 Å². The first kappa shape index (κ1) is 28.9. The molecule has 1 aliphatic heterocycles. The van der Waals surface area contributed by atoms with Gasteiger partial charge in [0, 0.05) is 36.8 Å². The van der Waals surface area contributed by atoms with Crippen LogP contribution in [0.3, 0.4) is 0 Å². The zero-order chi connectivity index (χ0) is 27.2. The molecule has 2 N–H and O–H groups in total. The number of rotatable bonds is 10. The molecule has 2 aromatic rings. The lowest BCUT2D eigenvalue weighted by Gasteiger charge is -2.33. The van der Waals surface area contributed by atoms with Gasteiger partial charge in [-0.25, -0.2) is 8.42 Å². The van der Waals surface area contributed by atoms with E-state index in [1.807, 2.05) is 4.90 Å². The van der Waals surface area contributed by atoms with Crippen LogP contribution in [0.25, 0.3) is 0 Å². The summed E-state index contributed by atoms with van der Waals surface area (Å²) >= 11 is 5.99. The van der Waals surface area contributed by atoms with Gasteiger partial charge < -0.3 is 10.6 Å². The van der Waals surface area contributed by atoms with Crippen LogP contribution in [0.15, 0.2) is 41.3 Å². The number of carbonyl (C=O) groups is 2. The molecule has 0 aromatic heterocycles. The van der Waals surface area contributed by atoms with Gasteiger partial charge in [0.15, 0.2) is 9.84 Å². The Morgan fingerprint density at radius 2 is 1.95 bits per heavy atom. The average Bonchev–Trinajstić information content (AvgIpc) is 2.85. The molecule has 2 aromatic carbocycles. The minimum atomic E-state index is -4.67. The fraction of sp³-hybridized carbons (Fsp3) is 0.440. The van der Waals surface area contributed by atoms with Gasteiger partial charge in [-0.15, -0.1) is 0 Å². The second-order valence-electron chi connectivity index (χ2n) is 8.98. The average molecular weight is 560 g/mol. The van der Waals surface area contributed by atoms with E-state index in [1.165, 1.54) is 37.3 Å². The van der Waals surface area contributed by atoms with E-state index < -0.39 is 27.5 Å². The quantitative estimate of drug-likeness (QED) is 0.428. The van der Waals surface area contributed by atoms with Crippen molar-refractivity contribution < 1.29 is 31.2 Å². The van der Waals surface area contributed by atoms with Gasteiger partial charge in [-0.05, 0) is 66.8 Å². The molecule has 1 fully saturated rings. The van der Waals surface area contributed by atoms with Gasteiger partial charge in [0.1, 0.15) is 0 Å². The summed E-state index contributed by atoms with van der Waals surface area (Å²) in [5, 5.41) is 5.40. The molecule has 2 amide bonds. The number of halogens is 4. The maximum absolute atomic E-state index is 13.9. The first-order valence-electron chi connectivity index (χ1n) is 11.8. The van der Waals surface area contributed by atoms with E-state index in [2.05, 4.69) is 10.6 Å². The number of hydrogen-bond acceptors (Lipinski definition) is 5. The standard InChI is InChI=1S/C25H29ClF3N3O4S/c1-2-37(35,36)23-8-7-21(26)10-20(23)13-31-24(34)18-5-6-19(22(11-18)25(27,28)29)15-32-9-3-4-17(14-32)12-30-16-33/h5-8,10-11,16-17H,2-4,9,12-15H2,1H3,(H,30,33)(H,31,34)/t17-/m0/s1. The Kier molecular flexibility index (Phi) is 9.60. The van der Waals surface area contributed by atoms with Crippen LogP contribution in [0, 0.1) is 5.92 Å². The number of carbonyl (C=O) groups excluding carboxylic acids is 2. The largest absolute Gasteiger partial charge is 0.416 e. The van der Waals surface area contributed by atoms with E-state index in [4.69, 9.17) is 11.6 Å². The Morgan fingerprint density at radius 1 is 1.19 bits per heavy atom. The molecule has 7 nitrogen and oxygen atoms in total. The first-order chi connectivity index (χ1) is 17.4. The van der Waals surface area contributed by atoms with Crippen molar-refractivity contribution in [1.82, 2.24) is 15.5 Å². The summed E-state index contributed by atoms with van der Waals surface area (Å²) in [6.07, 6.45) is -2.36. The Labute approximate surface area is 219 Å². The van der Waals surface area contributed by atoms with E-state index in [-0.39, 0.29) is 51.4 Å². The highest BCUT2D eigenvalue weighted by Gasteiger charge is 2.35. The minimum Gasteiger partial charge on any atom is -0.358 e. The lowest BCUT2D eigenvalue weighted by molar-refractivity contribution is -0.138. The van der Waals surface area contributed by atoms with Crippen LogP contribution in [-0.4, -0.2) is 51.0 Å². The zero-order valence-corrected chi connectivity index (χ0v) is 21.8. The van der Waals surface area contributed by atoms with Crippen molar-refractivity contribution in [3.63, 3.8) is 0 Å². The SMILES string of the molecule is CCS(=O)(=O)c1ccc(Cl)cc1CNC(=O)c1ccc(CN2CCC[C@@H](CNC=O)C2)c(C(F)(F)F)c1. The lowest BCUT2D eigenvalue weighted by Crippen LogP contribution is -2.39. The molecular formula is C25H29ClF3N3O4S. The summed E-state index contributed by atoms with van der Waals surface area (Å²) in [7, 11) is -3.60. The minimum absolute atomic E-state index is 0.00852. The highest BCUT2D eigenvalue weighted by molar-refractivity contribution is 7.91. The van der Waals surface area contributed by atoms with Crippen molar-refractivity contribution in [2.45, 2.75) is 43.9 Å². The smallest absolute Gasteiger partial charge is 0.358 e. The van der Waals surface area contributed by atoms with Crippen LogP contribution < -0.4 is 10.6 Å². The van der Waals surface area contributed by atoms with Crippen molar-refractivity contribution in [2.75, 3.05) is 25.4 Å². The van der Waals surface area contributed by atoms with Crippen LogP contribution >= 0.6 is 11.6 Å². The van der Waals surface area contributed by atoms with Crippen LogP contribution in [-0.2, 0) is 33.9 Å². The summed E-state index contributed by atoms with van der Waals surface area (Å²) < 4.78 is 66.5. The zero-order valence-electron chi connectivity index (χ0n) is 20.3. The predicted molar refractivity (Wildman–Crippen MR) is 134 cm³/mol. The maximum Gasteiger partial charge on any atom is 0.416 e. The summed E-state index contributed by atoms with van der Waals surface area (Å²) in [6.45, 7) is 3.00. The molecule has 0 radical (unpaired) electrons. The molecule has 12 heteroatoms. The van der Waals surface area contributed by atoms with Crippen LogP contribution in [0.5, 0.6) is 0 Å². The van der Waals surface area contributed by atoms with E-state index >= 15 is 0 Å². The van der Waals surface area contributed by atoms with Gasteiger partial charge in [0.05, 0.1) is 16.2 Å².